The van der Waals surface area contributed by atoms with Gasteiger partial charge in [-0.3, -0.25) is 4.21 Å². The molecule has 0 amide bonds. The van der Waals surface area contributed by atoms with E-state index in [2.05, 4.69) is 18.7 Å². The quantitative estimate of drug-likeness (QED) is 0.764. The Morgan fingerprint density at radius 1 is 1.25 bits per heavy atom. The molecule has 4 heteroatoms. The molecule has 1 aromatic rings. The van der Waals surface area contributed by atoms with Crippen molar-refractivity contribution >= 4 is 10.8 Å². The summed E-state index contributed by atoms with van der Waals surface area (Å²) in [7, 11) is -1.24. The lowest BCUT2D eigenvalue weighted by atomic mass is 10.3. The highest BCUT2D eigenvalue weighted by molar-refractivity contribution is 7.85. The van der Waals surface area contributed by atoms with E-state index in [-0.39, 0.29) is 5.82 Å². The smallest absolute Gasteiger partial charge is 0.139 e. The predicted molar refractivity (Wildman–Crippen MR) is 65.5 cm³/mol. The molecule has 0 fully saturated rings. The van der Waals surface area contributed by atoms with Crippen LogP contribution in [0.3, 0.4) is 0 Å². The zero-order valence-electron chi connectivity index (χ0n) is 9.78. The van der Waals surface area contributed by atoms with Crippen molar-refractivity contribution in [2.45, 2.75) is 18.7 Å². The van der Waals surface area contributed by atoms with Gasteiger partial charge in [-0.15, -0.1) is 0 Å². The average Bonchev–Trinajstić information content (AvgIpc) is 2.30. The Balaban J connectivity index is 2.56. The minimum atomic E-state index is -1.24. The summed E-state index contributed by atoms with van der Waals surface area (Å²) in [6.07, 6.45) is 0. The van der Waals surface area contributed by atoms with Gasteiger partial charge in [0.1, 0.15) is 5.82 Å². The molecule has 0 bridgehead atoms. The second-order valence-electron chi connectivity index (χ2n) is 3.51. The van der Waals surface area contributed by atoms with Gasteiger partial charge in [0, 0.05) is 12.3 Å². The minimum absolute atomic E-state index is 0.314. The molecule has 0 N–H and O–H groups in total. The number of nitrogens with zero attached hydrogens (tertiary/aromatic N) is 1. The Morgan fingerprint density at radius 2 is 1.88 bits per heavy atom. The molecule has 2 nitrogen and oxygen atoms in total. The molecule has 0 radical (unpaired) electrons. The highest BCUT2D eigenvalue weighted by Gasteiger charge is 2.10. The van der Waals surface area contributed by atoms with Crippen LogP contribution in [0.1, 0.15) is 13.8 Å². The maximum absolute atomic E-state index is 13.3. The zero-order chi connectivity index (χ0) is 12.0. The van der Waals surface area contributed by atoms with E-state index in [0.717, 1.165) is 19.6 Å². The maximum Gasteiger partial charge on any atom is 0.139 e. The van der Waals surface area contributed by atoms with Gasteiger partial charge in [-0.1, -0.05) is 26.0 Å². The van der Waals surface area contributed by atoms with Crippen LogP contribution in [-0.4, -0.2) is 34.5 Å². The molecule has 0 heterocycles. The second-order valence-corrected chi connectivity index (χ2v) is 5.05. The number of benzene rings is 1. The van der Waals surface area contributed by atoms with Gasteiger partial charge in [0.2, 0.25) is 0 Å². The molecule has 0 saturated carbocycles. The van der Waals surface area contributed by atoms with Crippen LogP contribution in [-0.2, 0) is 10.8 Å². The number of hydrogen-bond acceptors (Lipinski definition) is 2. The molecule has 90 valence electrons. The highest BCUT2D eigenvalue weighted by atomic mass is 32.2. The maximum atomic E-state index is 13.3. The zero-order valence-corrected chi connectivity index (χ0v) is 10.6. The van der Waals surface area contributed by atoms with E-state index in [0.29, 0.717) is 10.6 Å². The standard InChI is InChI=1S/C12H18FNOS/c1-3-14(4-2)9-10-16(15)12-8-6-5-7-11(12)13/h5-8H,3-4,9-10H2,1-2H3. The fourth-order valence-electron chi connectivity index (χ4n) is 1.49. The fraction of sp³-hybridized carbons (Fsp3) is 0.500. The normalized spacial score (nSPS) is 13.0. The summed E-state index contributed by atoms with van der Waals surface area (Å²) in [5, 5.41) is 0. The summed E-state index contributed by atoms with van der Waals surface area (Å²) in [6.45, 7) is 6.74. The van der Waals surface area contributed by atoms with E-state index in [4.69, 9.17) is 0 Å². The van der Waals surface area contributed by atoms with Crippen LogP contribution in [0.5, 0.6) is 0 Å². The van der Waals surface area contributed by atoms with Crippen LogP contribution < -0.4 is 0 Å². The summed E-state index contributed by atoms with van der Waals surface area (Å²) in [5.41, 5.74) is 0. The van der Waals surface area contributed by atoms with Crippen LogP contribution in [0.15, 0.2) is 29.2 Å². The van der Waals surface area contributed by atoms with Crippen LogP contribution >= 0.6 is 0 Å². The van der Waals surface area contributed by atoms with E-state index in [1.165, 1.54) is 6.07 Å². The van der Waals surface area contributed by atoms with E-state index >= 15 is 0 Å². The minimum Gasteiger partial charge on any atom is -0.303 e. The lowest BCUT2D eigenvalue weighted by molar-refractivity contribution is 0.323. The summed E-state index contributed by atoms with van der Waals surface area (Å²) in [6, 6.07) is 6.27. The van der Waals surface area contributed by atoms with E-state index < -0.39 is 10.8 Å². The van der Waals surface area contributed by atoms with Crippen molar-refractivity contribution in [2.24, 2.45) is 0 Å². The molecule has 1 atom stereocenters. The van der Waals surface area contributed by atoms with Crippen molar-refractivity contribution in [1.82, 2.24) is 4.90 Å². The average molecular weight is 243 g/mol. The SMILES string of the molecule is CCN(CC)CCS(=O)c1ccccc1F. The molecule has 0 aliphatic rings. The third-order valence-corrected chi connectivity index (χ3v) is 3.94. The second kappa shape index (κ2) is 6.76. The molecule has 0 spiro atoms. The van der Waals surface area contributed by atoms with Crippen LogP contribution in [0.2, 0.25) is 0 Å². The van der Waals surface area contributed by atoms with Crippen molar-refractivity contribution < 1.29 is 8.60 Å². The van der Waals surface area contributed by atoms with Crippen LogP contribution in [0, 0.1) is 5.82 Å². The van der Waals surface area contributed by atoms with Gasteiger partial charge >= 0.3 is 0 Å². The first kappa shape index (κ1) is 13.3. The van der Waals surface area contributed by atoms with Crippen molar-refractivity contribution in [2.75, 3.05) is 25.4 Å². The van der Waals surface area contributed by atoms with Gasteiger partial charge in [0.15, 0.2) is 0 Å². The molecule has 0 aliphatic carbocycles. The van der Waals surface area contributed by atoms with Crippen LogP contribution in [0.4, 0.5) is 4.39 Å². The third kappa shape index (κ3) is 3.68. The van der Waals surface area contributed by atoms with Gasteiger partial charge in [0.05, 0.1) is 15.7 Å². The van der Waals surface area contributed by atoms with E-state index in [1.807, 2.05) is 0 Å². The molecule has 16 heavy (non-hydrogen) atoms. The largest absolute Gasteiger partial charge is 0.303 e. The first-order chi connectivity index (χ1) is 7.69. The van der Waals surface area contributed by atoms with Gasteiger partial charge in [-0.05, 0) is 25.2 Å². The Labute approximate surface area is 98.9 Å². The Hall–Kier alpha value is -0.740. The van der Waals surface area contributed by atoms with Gasteiger partial charge in [0.25, 0.3) is 0 Å². The predicted octanol–water partition coefficient (Wildman–Crippen LogP) is 2.28. The van der Waals surface area contributed by atoms with E-state index in [9.17, 15) is 8.60 Å². The Kier molecular flexibility index (Phi) is 5.63. The van der Waals surface area contributed by atoms with Gasteiger partial charge in [-0.25, -0.2) is 4.39 Å². The van der Waals surface area contributed by atoms with Crippen molar-refractivity contribution in [3.8, 4) is 0 Å². The molecule has 1 rings (SSSR count). The molecule has 1 unspecified atom stereocenters. The van der Waals surface area contributed by atoms with Crippen molar-refractivity contribution in [3.05, 3.63) is 30.1 Å². The number of rotatable bonds is 6. The highest BCUT2D eigenvalue weighted by Crippen LogP contribution is 2.11. The third-order valence-electron chi connectivity index (χ3n) is 2.57. The van der Waals surface area contributed by atoms with Gasteiger partial charge < -0.3 is 4.90 Å². The number of hydrogen-bond donors (Lipinski definition) is 0. The fourth-order valence-corrected chi connectivity index (χ4v) is 2.65. The lowest BCUT2D eigenvalue weighted by Gasteiger charge is -2.17. The lowest BCUT2D eigenvalue weighted by Crippen LogP contribution is -2.27. The summed E-state index contributed by atoms with van der Waals surface area (Å²) >= 11 is 0. The Bertz CT molecular complexity index is 353. The first-order valence-corrected chi connectivity index (χ1v) is 6.86. The van der Waals surface area contributed by atoms with E-state index in [1.54, 1.807) is 18.2 Å². The summed E-state index contributed by atoms with van der Waals surface area (Å²) < 4.78 is 25.2. The molecule has 1 aromatic carbocycles. The van der Waals surface area contributed by atoms with Gasteiger partial charge in [-0.2, -0.15) is 0 Å². The van der Waals surface area contributed by atoms with Crippen molar-refractivity contribution in [3.63, 3.8) is 0 Å². The molecule has 0 saturated heterocycles. The topological polar surface area (TPSA) is 20.3 Å². The van der Waals surface area contributed by atoms with Crippen LogP contribution in [0.25, 0.3) is 0 Å². The molecule has 0 aliphatic heterocycles. The monoisotopic (exact) mass is 243 g/mol. The molecule has 0 aromatic heterocycles. The summed E-state index contributed by atoms with van der Waals surface area (Å²) in [5.74, 6) is 0.114. The Morgan fingerprint density at radius 3 is 2.44 bits per heavy atom. The first-order valence-electron chi connectivity index (χ1n) is 5.54. The number of halogens is 1. The molecular formula is C12H18FNOS. The van der Waals surface area contributed by atoms with Crippen molar-refractivity contribution in [1.29, 1.82) is 0 Å². The summed E-state index contributed by atoms with van der Waals surface area (Å²) in [4.78, 5) is 2.49. The molecular weight excluding hydrogens is 225 g/mol.